The van der Waals surface area contributed by atoms with E-state index < -0.39 is 0 Å². The van der Waals surface area contributed by atoms with Gasteiger partial charge in [-0.1, -0.05) is 41.9 Å². The van der Waals surface area contributed by atoms with Crippen molar-refractivity contribution < 1.29 is 14.7 Å². The Hall–Kier alpha value is -2.33. The number of pyridine rings is 2. The smallest absolute Gasteiger partial charge is 0.324 e. The van der Waals surface area contributed by atoms with Crippen molar-refractivity contribution in [2.45, 2.75) is 6.61 Å². The van der Waals surface area contributed by atoms with Gasteiger partial charge in [0.2, 0.25) is 11.9 Å². The van der Waals surface area contributed by atoms with E-state index in [0.717, 1.165) is 10.3 Å². The van der Waals surface area contributed by atoms with Crippen LogP contribution in [0.3, 0.4) is 0 Å². The predicted octanol–water partition coefficient (Wildman–Crippen LogP) is 2.99. The summed E-state index contributed by atoms with van der Waals surface area (Å²) in [6.45, 7) is 0.394. The summed E-state index contributed by atoms with van der Waals surface area (Å²) in [7, 11) is 0. The first-order valence-electron chi connectivity index (χ1n) is 6.11. The third-order valence-corrected chi connectivity index (χ3v) is 3.09. The number of nitrogens with zero attached hydrogens (tertiary/aromatic N) is 2. The zero-order valence-corrected chi connectivity index (χ0v) is 11.3. The van der Waals surface area contributed by atoms with Gasteiger partial charge in [0.25, 0.3) is 0 Å². The summed E-state index contributed by atoms with van der Waals surface area (Å²) in [5, 5.41) is 10.2. The zero-order chi connectivity index (χ0) is 13.9. The van der Waals surface area contributed by atoms with Gasteiger partial charge in [0.05, 0.1) is 0 Å². The minimum Gasteiger partial charge on any atom is -0.482 e. The highest BCUT2D eigenvalue weighted by atomic mass is 35.5. The standard InChI is InChI=1S/C15H12ClN2O2/c16-14-9-13(20-10-11-5-2-1-3-6-11)15-12(17-14)7-4-8-18(15)19/h1-9,19H,10H2/q+1. The summed E-state index contributed by atoms with van der Waals surface area (Å²) in [6.07, 6.45) is 1.52. The van der Waals surface area contributed by atoms with Crippen LogP contribution in [0.4, 0.5) is 0 Å². The summed E-state index contributed by atoms with van der Waals surface area (Å²) in [4.78, 5) is 4.16. The molecule has 4 nitrogen and oxygen atoms in total. The van der Waals surface area contributed by atoms with Crippen LogP contribution in [0.25, 0.3) is 11.0 Å². The second kappa shape index (κ2) is 5.35. The highest BCUT2D eigenvalue weighted by molar-refractivity contribution is 6.30. The van der Waals surface area contributed by atoms with Gasteiger partial charge in [0, 0.05) is 16.9 Å². The Kier molecular flexibility index (Phi) is 3.39. The van der Waals surface area contributed by atoms with Crippen molar-refractivity contribution >= 4 is 22.6 Å². The van der Waals surface area contributed by atoms with Crippen molar-refractivity contribution in [1.82, 2.24) is 4.98 Å². The van der Waals surface area contributed by atoms with Crippen LogP contribution >= 0.6 is 11.6 Å². The second-order valence-electron chi connectivity index (χ2n) is 4.30. The number of halogens is 1. The Morgan fingerprint density at radius 1 is 1.15 bits per heavy atom. The quantitative estimate of drug-likeness (QED) is 0.458. The van der Waals surface area contributed by atoms with Crippen molar-refractivity contribution in [3.05, 3.63) is 65.4 Å². The van der Waals surface area contributed by atoms with Crippen molar-refractivity contribution in [3.63, 3.8) is 0 Å². The van der Waals surface area contributed by atoms with Crippen LogP contribution in [0.2, 0.25) is 5.15 Å². The van der Waals surface area contributed by atoms with Gasteiger partial charge in [-0.2, -0.15) is 0 Å². The molecule has 20 heavy (non-hydrogen) atoms. The van der Waals surface area contributed by atoms with Gasteiger partial charge in [-0.3, -0.25) is 5.21 Å². The molecule has 0 saturated carbocycles. The van der Waals surface area contributed by atoms with E-state index in [0.29, 0.717) is 28.5 Å². The van der Waals surface area contributed by atoms with E-state index in [1.807, 2.05) is 30.3 Å². The molecule has 2 heterocycles. The van der Waals surface area contributed by atoms with E-state index >= 15 is 0 Å². The van der Waals surface area contributed by atoms with E-state index in [2.05, 4.69) is 4.98 Å². The zero-order valence-electron chi connectivity index (χ0n) is 10.5. The van der Waals surface area contributed by atoms with Gasteiger partial charge in [-0.25, -0.2) is 4.98 Å². The maximum atomic E-state index is 9.89. The molecule has 3 aromatic rings. The molecule has 0 radical (unpaired) electrons. The van der Waals surface area contributed by atoms with Crippen LogP contribution < -0.4 is 9.47 Å². The lowest BCUT2D eigenvalue weighted by Gasteiger charge is -2.06. The van der Waals surface area contributed by atoms with Crippen LogP contribution in [0.5, 0.6) is 5.75 Å². The van der Waals surface area contributed by atoms with Gasteiger partial charge < -0.3 is 4.74 Å². The third-order valence-electron chi connectivity index (χ3n) is 2.90. The molecule has 1 aromatic carbocycles. The average molecular weight is 288 g/mol. The number of aromatic nitrogens is 2. The Bertz CT molecular complexity index is 747. The maximum absolute atomic E-state index is 9.89. The number of fused-ring (bicyclic) bond motifs is 1. The number of hydrogen-bond acceptors (Lipinski definition) is 3. The average Bonchev–Trinajstić information content (AvgIpc) is 2.45. The maximum Gasteiger partial charge on any atom is 0.324 e. The molecule has 3 rings (SSSR count). The molecule has 100 valence electrons. The van der Waals surface area contributed by atoms with E-state index in [1.54, 1.807) is 18.2 Å². The first-order chi connectivity index (χ1) is 9.74. The fraction of sp³-hybridized carbons (Fsp3) is 0.0667. The van der Waals surface area contributed by atoms with Crippen LogP contribution in [0.15, 0.2) is 54.7 Å². The molecule has 0 unspecified atom stereocenters. The summed E-state index contributed by atoms with van der Waals surface area (Å²) in [6, 6.07) is 14.8. The molecule has 5 heteroatoms. The molecule has 0 amide bonds. The summed E-state index contributed by atoms with van der Waals surface area (Å²) in [5.74, 6) is 0.493. The van der Waals surface area contributed by atoms with Crippen LogP contribution in [0, 0.1) is 0 Å². The first-order valence-corrected chi connectivity index (χ1v) is 6.49. The van der Waals surface area contributed by atoms with E-state index in [4.69, 9.17) is 16.3 Å². The van der Waals surface area contributed by atoms with E-state index in [9.17, 15) is 5.21 Å². The van der Waals surface area contributed by atoms with Crippen molar-refractivity contribution in [1.29, 1.82) is 0 Å². The van der Waals surface area contributed by atoms with Gasteiger partial charge in [-0.15, -0.1) is 0 Å². The lowest BCUT2D eigenvalue weighted by atomic mass is 10.2. The lowest BCUT2D eigenvalue weighted by molar-refractivity contribution is -0.884. The molecule has 0 spiro atoms. The van der Waals surface area contributed by atoms with Crippen molar-refractivity contribution in [2.75, 3.05) is 0 Å². The Balaban J connectivity index is 1.98. The Labute approximate surface area is 120 Å². The third kappa shape index (κ3) is 2.51. The van der Waals surface area contributed by atoms with Gasteiger partial charge in [0.15, 0.2) is 0 Å². The van der Waals surface area contributed by atoms with Crippen LogP contribution in [0.1, 0.15) is 5.56 Å². The first kappa shape index (κ1) is 12.7. The number of rotatable bonds is 3. The number of ether oxygens (including phenoxy) is 1. The van der Waals surface area contributed by atoms with Crippen LogP contribution in [-0.2, 0) is 6.61 Å². The molecular formula is C15H12ClN2O2+. The summed E-state index contributed by atoms with van der Waals surface area (Å²) in [5.41, 5.74) is 2.10. The highest BCUT2D eigenvalue weighted by Crippen LogP contribution is 2.25. The fourth-order valence-corrected chi connectivity index (χ4v) is 2.18. The molecule has 0 aliphatic heterocycles. The van der Waals surface area contributed by atoms with Crippen molar-refractivity contribution in [3.8, 4) is 5.75 Å². The second-order valence-corrected chi connectivity index (χ2v) is 4.69. The van der Waals surface area contributed by atoms with Crippen molar-refractivity contribution in [2.24, 2.45) is 0 Å². The SMILES string of the molecule is O[n+]1cccc2nc(Cl)cc(OCc3ccccc3)c21. The van der Waals surface area contributed by atoms with Gasteiger partial charge in [-0.05, 0) is 11.6 Å². The highest BCUT2D eigenvalue weighted by Gasteiger charge is 2.17. The summed E-state index contributed by atoms with van der Waals surface area (Å²) >= 11 is 5.98. The lowest BCUT2D eigenvalue weighted by Crippen LogP contribution is -2.30. The molecule has 0 aliphatic rings. The molecule has 0 aliphatic carbocycles. The summed E-state index contributed by atoms with van der Waals surface area (Å²) < 4.78 is 6.75. The minimum atomic E-state index is 0.326. The van der Waals surface area contributed by atoms with E-state index in [1.165, 1.54) is 6.20 Å². The monoisotopic (exact) mass is 287 g/mol. The minimum absolute atomic E-state index is 0.326. The number of benzene rings is 1. The largest absolute Gasteiger partial charge is 0.482 e. The Morgan fingerprint density at radius 3 is 2.75 bits per heavy atom. The molecule has 0 bridgehead atoms. The van der Waals surface area contributed by atoms with E-state index in [-0.39, 0.29) is 0 Å². The topological polar surface area (TPSA) is 46.2 Å². The molecule has 0 atom stereocenters. The number of hydrogen-bond donors (Lipinski definition) is 1. The van der Waals surface area contributed by atoms with Gasteiger partial charge >= 0.3 is 5.52 Å². The molecule has 0 saturated heterocycles. The normalized spacial score (nSPS) is 10.7. The van der Waals surface area contributed by atoms with Gasteiger partial charge in [0.1, 0.15) is 17.3 Å². The fourth-order valence-electron chi connectivity index (χ4n) is 1.99. The Morgan fingerprint density at radius 2 is 1.95 bits per heavy atom. The molecule has 2 aromatic heterocycles. The molecule has 0 fully saturated rings. The molecule has 1 N–H and O–H groups in total. The van der Waals surface area contributed by atoms with Crippen LogP contribution in [-0.4, -0.2) is 10.2 Å². The predicted molar refractivity (Wildman–Crippen MR) is 74.9 cm³/mol. The molecular weight excluding hydrogens is 276 g/mol.